The summed E-state index contributed by atoms with van der Waals surface area (Å²) in [6.07, 6.45) is 3.51. The second-order valence-corrected chi connectivity index (χ2v) is 4.10. The number of esters is 1. The number of hydrogen-bond acceptors (Lipinski definition) is 5. The summed E-state index contributed by atoms with van der Waals surface area (Å²) in [7, 11) is 1.30. The van der Waals surface area contributed by atoms with Crippen LogP contribution in [0, 0.1) is 0 Å². The topological polar surface area (TPSA) is 56.5 Å². The number of furan rings is 1. The van der Waals surface area contributed by atoms with Crippen LogP contribution >= 0.6 is 11.8 Å². The summed E-state index contributed by atoms with van der Waals surface area (Å²) in [5, 5.41) is 0.0688. The molecule has 16 heavy (non-hydrogen) atoms. The van der Waals surface area contributed by atoms with Crippen LogP contribution in [0.3, 0.4) is 0 Å². The minimum absolute atomic E-state index is 0.0688. The lowest BCUT2D eigenvalue weighted by Crippen LogP contribution is -1.98. The zero-order valence-corrected chi connectivity index (χ0v) is 9.87. The number of ether oxygens (including phenoxy) is 1. The first-order valence-electron chi connectivity index (χ1n) is 4.61. The summed E-state index contributed by atoms with van der Waals surface area (Å²) in [6, 6.07) is 3.21. The highest BCUT2D eigenvalue weighted by atomic mass is 32.2. The van der Waals surface area contributed by atoms with Gasteiger partial charge in [0.25, 0.3) is 0 Å². The van der Waals surface area contributed by atoms with Gasteiger partial charge in [0, 0.05) is 12.7 Å². The SMILES string of the molecule is COC(=O)c1ccc(C=CCSC(C)=O)o1. The Morgan fingerprint density at radius 1 is 1.50 bits per heavy atom. The predicted octanol–water partition coefficient (Wildman–Crippen LogP) is 2.36. The van der Waals surface area contributed by atoms with E-state index in [1.54, 1.807) is 24.3 Å². The average Bonchev–Trinajstić information content (AvgIpc) is 2.71. The Balaban J connectivity index is 2.52. The van der Waals surface area contributed by atoms with Gasteiger partial charge >= 0.3 is 5.97 Å². The molecule has 0 saturated heterocycles. The van der Waals surface area contributed by atoms with Crippen molar-refractivity contribution in [1.82, 2.24) is 0 Å². The number of carbonyl (C=O) groups excluding carboxylic acids is 2. The van der Waals surface area contributed by atoms with Crippen LogP contribution < -0.4 is 0 Å². The zero-order valence-electron chi connectivity index (χ0n) is 9.06. The first-order valence-corrected chi connectivity index (χ1v) is 5.60. The Morgan fingerprint density at radius 2 is 2.25 bits per heavy atom. The van der Waals surface area contributed by atoms with Crippen LogP contribution in [0.1, 0.15) is 23.2 Å². The highest BCUT2D eigenvalue weighted by Crippen LogP contribution is 2.11. The quantitative estimate of drug-likeness (QED) is 0.756. The Hall–Kier alpha value is -1.49. The van der Waals surface area contributed by atoms with Crippen molar-refractivity contribution in [2.45, 2.75) is 6.92 Å². The number of thioether (sulfide) groups is 1. The molecule has 0 aliphatic rings. The van der Waals surface area contributed by atoms with Gasteiger partial charge in [-0.05, 0) is 18.2 Å². The molecule has 0 N–H and O–H groups in total. The zero-order chi connectivity index (χ0) is 12.0. The molecule has 0 aliphatic carbocycles. The lowest BCUT2D eigenvalue weighted by Gasteiger charge is -1.92. The first kappa shape index (κ1) is 12.6. The Morgan fingerprint density at radius 3 is 2.88 bits per heavy atom. The molecule has 0 radical (unpaired) electrons. The van der Waals surface area contributed by atoms with Crippen molar-refractivity contribution >= 4 is 28.9 Å². The van der Waals surface area contributed by atoms with Gasteiger partial charge in [0.2, 0.25) is 5.76 Å². The first-order chi connectivity index (χ1) is 7.63. The smallest absolute Gasteiger partial charge is 0.373 e. The number of methoxy groups -OCH3 is 1. The van der Waals surface area contributed by atoms with Gasteiger partial charge in [0.1, 0.15) is 5.76 Å². The van der Waals surface area contributed by atoms with E-state index < -0.39 is 5.97 Å². The Kier molecular flexibility index (Phi) is 4.85. The third-order valence-corrected chi connectivity index (χ3v) is 2.44. The molecule has 0 aliphatic heterocycles. The van der Waals surface area contributed by atoms with E-state index in [0.29, 0.717) is 11.5 Å². The largest absolute Gasteiger partial charge is 0.463 e. The molecule has 0 aromatic carbocycles. The van der Waals surface area contributed by atoms with Gasteiger partial charge in [-0.3, -0.25) is 4.79 Å². The van der Waals surface area contributed by atoms with Gasteiger partial charge in [-0.15, -0.1) is 0 Å². The molecule has 0 amide bonds. The summed E-state index contributed by atoms with van der Waals surface area (Å²) in [6.45, 7) is 1.51. The van der Waals surface area contributed by atoms with Gasteiger partial charge in [-0.25, -0.2) is 4.79 Å². The molecule has 0 bridgehead atoms. The van der Waals surface area contributed by atoms with Crippen molar-refractivity contribution in [3.8, 4) is 0 Å². The fourth-order valence-electron chi connectivity index (χ4n) is 0.982. The van der Waals surface area contributed by atoms with E-state index in [1.807, 2.05) is 0 Å². The minimum atomic E-state index is -0.502. The predicted molar refractivity (Wildman–Crippen MR) is 62.2 cm³/mol. The van der Waals surface area contributed by atoms with Gasteiger partial charge in [0.05, 0.1) is 7.11 Å². The van der Waals surface area contributed by atoms with E-state index in [4.69, 9.17) is 4.42 Å². The second-order valence-electron chi connectivity index (χ2n) is 2.90. The number of carbonyl (C=O) groups is 2. The van der Waals surface area contributed by atoms with Crippen molar-refractivity contribution in [1.29, 1.82) is 0 Å². The number of rotatable bonds is 4. The highest BCUT2D eigenvalue weighted by Gasteiger charge is 2.09. The van der Waals surface area contributed by atoms with Crippen LogP contribution in [0.25, 0.3) is 6.08 Å². The van der Waals surface area contributed by atoms with Crippen molar-refractivity contribution < 1.29 is 18.7 Å². The van der Waals surface area contributed by atoms with Gasteiger partial charge in [0.15, 0.2) is 5.12 Å². The van der Waals surface area contributed by atoms with Gasteiger partial charge < -0.3 is 9.15 Å². The third-order valence-electron chi connectivity index (χ3n) is 1.68. The Bertz CT molecular complexity index is 406. The van der Waals surface area contributed by atoms with E-state index in [0.717, 1.165) is 0 Å². The lowest BCUT2D eigenvalue weighted by atomic mass is 10.4. The van der Waals surface area contributed by atoms with Crippen LogP contribution in [0.5, 0.6) is 0 Å². The molecule has 1 rings (SSSR count). The molecule has 5 heteroatoms. The van der Waals surface area contributed by atoms with Gasteiger partial charge in [-0.2, -0.15) is 0 Å². The van der Waals surface area contributed by atoms with Crippen molar-refractivity contribution in [2.75, 3.05) is 12.9 Å². The fourth-order valence-corrected chi connectivity index (χ4v) is 1.41. The fraction of sp³-hybridized carbons (Fsp3) is 0.273. The van der Waals surface area contributed by atoms with E-state index in [2.05, 4.69) is 4.74 Å². The average molecular weight is 240 g/mol. The minimum Gasteiger partial charge on any atom is -0.463 e. The summed E-state index contributed by atoms with van der Waals surface area (Å²) in [5.41, 5.74) is 0. The van der Waals surface area contributed by atoms with Crippen LogP contribution in [0.4, 0.5) is 0 Å². The van der Waals surface area contributed by atoms with Crippen molar-refractivity contribution in [3.63, 3.8) is 0 Å². The molecule has 0 saturated carbocycles. The second kappa shape index (κ2) is 6.17. The maximum absolute atomic E-state index is 11.1. The molecule has 1 aromatic heterocycles. The van der Waals surface area contributed by atoms with E-state index in [-0.39, 0.29) is 10.9 Å². The van der Waals surface area contributed by atoms with Crippen LogP contribution in [-0.4, -0.2) is 23.9 Å². The normalized spacial score (nSPS) is 10.6. The highest BCUT2D eigenvalue weighted by molar-refractivity contribution is 8.13. The molecule has 0 fully saturated rings. The van der Waals surface area contributed by atoms with Crippen molar-refractivity contribution in [3.05, 3.63) is 29.7 Å². The number of hydrogen-bond donors (Lipinski definition) is 0. The monoisotopic (exact) mass is 240 g/mol. The van der Waals surface area contributed by atoms with E-state index >= 15 is 0 Å². The standard InChI is InChI=1S/C11H12O4S/c1-8(12)16-7-3-4-9-5-6-10(15-9)11(13)14-2/h3-6H,7H2,1-2H3. The van der Waals surface area contributed by atoms with Crippen LogP contribution in [0.2, 0.25) is 0 Å². The lowest BCUT2D eigenvalue weighted by molar-refractivity contribution is -0.109. The summed E-state index contributed by atoms with van der Waals surface area (Å²) >= 11 is 1.21. The summed E-state index contributed by atoms with van der Waals surface area (Å²) in [4.78, 5) is 21.7. The summed E-state index contributed by atoms with van der Waals surface area (Å²) in [5.74, 6) is 0.813. The molecular weight excluding hydrogens is 228 g/mol. The maximum Gasteiger partial charge on any atom is 0.373 e. The molecule has 0 unspecified atom stereocenters. The van der Waals surface area contributed by atoms with E-state index in [1.165, 1.54) is 25.8 Å². The summed E-state index contributed by atoms with van der Waals surface area (Å²) < 4.78 is 9.69. The maximum atomic E-state index is 11.1. The molecule has 1 aromatic rings. The molecule has 1 heterocycles. The van der Waals surface area contributed by atoms with Gasteiger partial charge in [-0.1, -0.05) is 17.8 Å². The molecule has 4 nitrogen and oxygen atoms in total. The van der Waals surface area contributed by atoms with Crippen molar-refractivity contribution in [2.24, 2.45) is 0 Å². The van der Waals surface area contributed by atoms with Crippen LogP contribution in [0.15, 0.2) is 22.6 Å². The van der Waals surface area contributed by atoms with Crippen LogP contribution in [-0.2, 0) is 9.53 Å². The molecular formula is C11H12O4S. The third kappa shape index (κ3) is 3.94. The molecule has 86 valence electrons. The molecule has 0 atom stereocenters. The van der Waals surface area contributed by atoms with E-state index in [9.17, 15) is 9.59 Å². The Labute approximate surface area is 97.7 Å². The molecule has 0 spiro atoms.